The second-order valence-corrected chi connectivity index (χ2v) is 11.2. The predicted octanol–water partition coefficient (Wildman–Crippen LogP) is 6.18. The van der Waals surface area contributed by atoms with Crippen LogP contribution in [0, 0.1) is 0 Å². The number of nitrogens with zero attached hydrogens (tertiary/aromatic N) is 5. The Morgan fingerprint density at radius 3 is 2.62 bits per heavy atom. The molecule has 5 aromatic rings. The van der Waals surface area contributed by atoms with Crippen LogP contribution in [0.5, 0.6) is 0 Å². The van der Waals surface area contributed by atoms with E-state index in [9.17, 15) is 4.79 Å². The van der Waals surface area contributed by atoms with Crippen LogP contribution in [0.25, 0.3) is 33.2 Å². The predicted molar refractivity (Wildman–Crippen MR) is 157 cm³/mol. The second-order valence-electron chi connectivity index (χ2n) is 11.2. The Bertz CT molecular complexity index is 1680. The Kier molecular flexibility index (Phi) is 6.27. The average Bonchev–Trinajstić information content (AvgIpc) is 3.54. The largest absolute Gasteiger partial charge is 0.340 e. The maximum Gasteiger partial charge on any atom is 0.241 e. The SMILES string of the molecule is CN1CCC[C@H]1C(=O)Nc1cccc(-c2nc(Nc3ccc4c(cnn4C(C)(C)C)c3)c3ccccc3n2)c1. The molecule has 2 aromatic heterocycles. The summed E-state index contributed by atoms with van der Waals surface area (Å²) in [6.07, 6.45) is 3.83. The van der Waals surface area contributed by atoms with Gasteiger partial charge in [0.05, 0.1) is 28.8 Å². The zero-order chi connectivity index (χ0) is 27.1. The van der Waals surface area contributed by atoms with Crippen molar-refractivity contribution in [2.75, 3.05) is 24.2 Å². The molecule has 1 amide bonds. The molecule has 39 heavy (non-hydrogen) atoms. The number of likely N-dealkylation sites (N-methyl/N-ethyl adjacent to an activating group) is 1. The fourth-order valence-corrected chi connectivity index (χ4v) is 5.29. The molecule has 1 saturated heterocycles. The van der Waals surface area contributed by atoms with Crippen LogP contribution in [0.3, 0.4) is 0 Å². The number of likely N-dealkylation sites (tertiary alicyclic amines) is 1. The molecule has 8 nitrogen and oxygen atoms in total. The Morgan fingerprint density at radius 1 is 0.974 bits per heavy atom. The highest BCUT2D eigenvalue weighted by Gasteiger charge is 2.27. The summed E-state index contributed by atoms with van der Waals surface area (Å²) >= 11 is 0. The number of rotatable bonds is 5. The van der Waals surface area contributed by atoms with E-state index in [1.54, 1.807) is 0 Å². The van der Waals surface area contributed by atoms with Gasteiger partial charge in [-0.25, -0.2) is 9.97 Å². The van der Waals surface area contributed by atoms with Gasteiger partial charge in [0.15, 0.2) is 5.82 Å². The Labute approximate surface area is 228 Å². The van der Waals surface area contributed by atoms with Crippen LogP contribution in [0.2, 0.25) is 0 Å². The third-order valence-electron chi connectivity index (χ3n) is 7.28. The number of benzene rings is 3. The monoisotopic (exact) mass is 519 g/mol. The summed E-state index contributed by atoms with van der Waals surface area (Å²) in [4.78, 5) is 24.7. The maximum absolute atomic E-state index is 12.9. The molecular formula is C31H33N7O. The fraction of sp³-hybridized carbons (Fsp3) is 0.290. The van der Waals surface area contributed by atoms with Gasteiger partial charge in [0.1, 0.15) is 5.82 Å². The summed E-state index contributed by atoms with van der Waals surface area (Å²) in [5, 5.41) is 13.2. The Balaban J connectivity index is 1.33. The highest BCUT2D eigenvalue weighted by atomic mass is 16.2. The number of hydrogen-bond acceptors (Lipinski definition) is 6. The van der Waals surface area contributed by atoms with Crippen LogP contribution in [0.4, 0.5) is 17.2 Å². The van der Waals surface area contributed by atoms with Gasteiger partial charge in [-0.1, -0.05) is 24.3 Å². The lowest BCUT2D eigenvalue weighted by Gasteiger charge is -2.20. The number of amides is 1. The summed E-state index contributed by atoms with van der Waals surface area (Å²) in [5.41, 5.74) is 4.33. The van der Waals surface area contributed by atoms with E-state index in [2.05, 4.69) is 59.6 Å². The molecule has 2 N–H and O–H groups in total. The van der Waals surface area contributed by atoms with E-state index < -0.39 is 0 Å². The standard InChI is InChI=1S/C31H33N7O/c1-31(2,3)38-26-15-14-23(18-21(26)19-32-38)33-29-24-11-5-6-12-25(24)35-28(36-29)20-9-7-10-22(17-20)34-30(39)27-13-8-16-37(27)4/h5-7,9-12,14-15,17-19,27H,8,13,16H2,1-4H3,(H,34,39)(H,33,35,36)/t27-/m0/s1. The minimum absolute atomic E-state index is 0.0270. The number of hydrogen-bond donors (Lipinski definition) is 2. The number of nitrogens with one attached hydrogen (secondary N) is 2. The molecule has 0 aliphatic carbocycles. The fourth-order valence-electron chi connectivity index (χ4n) is 5.29. The molecule has 0 spiro atoms. The smallest absolute Gasteiger partial charge is 0.241 e. The summed E-state index contributed by atoms with van der Waals surface area (Å²) in [6.45, 7) is 7.39. The van der Waals surface area contributed by atoms with Crippen molar-refractivity contribution >= 4 is 44.9 Å². The quantitative estimate of drug-likeness (QED) is 0.288. The van der Waals surface area contributed by atoms with Gasteiger partial charge in [-0.3, -0.25) is 14.4 Å². The van der Waals surface area contributed by atoms with Crippen molar-refractivity contribution in [2.45, 2.75) is 45.2 Å². The van der Waals surface area contributed by atoms with Crippen LogP contribution in [0.1, 0.15) is 33.6 Å². The van der Waals surface area contributed by atoms with E-state index in [1.165, 1.54) is 0 Å². The van der Waals surface area contributed by atoms with Crippen molar-refractivity contribution in [3.63, 3.8) is 0 Å². The lowest BCUT2D eigenvalue weighted by atomic mass is 10.1. The van der Waals surface area contributed by atoms with Crippen molar-refractivity contribution in [3.05, 3.63) is 72.9 Å². The van der Waals surface area contributed by atoms with E-state index in [-0.39, 0.29) is 17.5 Å². The number of carbonyl (C=O) groups is 1. The normalized spacial score (nSPS) is 16.2. The molecule has 6 rings (SSSR count). The zero-order valence-corrected chi connectivity index (χ0v) is 22.8. The molecule has 1 aliphatic rings. The van der Waals surface area contributed by atoms with Crippen LogP contribution in [-0.4, -0.2) is 50.2 Å². The first-order valence-electron chi connectivity index (χ1n) is 13.4. The molecule has 1 aliphatic heterocycles. The first-order chi connectivity index (χ1) is 18.8. The number of fused-ring (bicyclic) bond motifs is 2. The number of aromatic nitrogens is 4. The molecule has 3 heterocycles. The Morgan fingerprint density at radius 2 is 1.82 bits per heavy atom. The van der Waals surface area contributed by atoms with Crippen LogP contribution < -0.4 is 10.6 Å². The maximum atomic E-state index is 12.9. The molecule has 0 radical (unpaired) electrons. The molecular weight excluding hydrogens is 486 g/mol. The minimum Gasteiger partial charge on any atom is -0.340 e. The minimum atomic E-state index is -0.102. The molecule has 3 aromatic carbocycles. The molecule has 1 atom stereocenters. The third kappa shape index (κ3) is 4.95. The van der Waals surface area contributed by atoms with Gasteiger partial charge in [-0.2, -0.15) is 5.10 Å². The highest BCUT2D eigenvalue weighted by molar-refractivity contribution is 5.96. The molecule has 0 unspecified atom stereocenters. The molecule has 1 fully saturated rings. The van der Waals surface area contributed by atoms with Crippen molar-refractivity contribution in [2.24, 2.45) is 0 Å². The average molecular weight is 520 g/mol. The highest BCUT2D eigenvalue weighted by Crippen LogP contribution is 2.30. The molecule has 0 saturated carbocycles. The van der Waals surface area contributed by atoms with Gasteiger partial charge in [0.25, 0.3) is 0 Å². The topological polar surface area (TPSA) is 88.0 Å². The third-order valence-corrected chi connectivity index (χ3v) is 7.28. The van der Waals surface area contributed by atoms with Crippen molar-refractivity contribution in [1.82, 2.24) is 24.6 Å². The summed E-state index contributed by atoms with van der Waals surface area (Å²) in [5.74, 6) is 1.34. The van der Waals surface area contributed by atoms with Crippen LogP contribution in [-0.2, 0) is 10.3 Å². The number of carbonyl (C=O) groups excluding carboxylic acids is 1. The lowest BCUT2D eigenvalue weighted by Crippen LogP contribution is -2.37. The number of anilines is 3. The van der Waals surface area contributed by atoms with Crippen LogP contribution >= 0.6 is 0 Å². The van der Waals surface area contributed by atoms with E-state index in [0.29, 0.717) is 5.82 Å². The van der Waals surface area contributed by atoms with Crippen molar-refractivity contribution in [3.8, 4) is 11.4 Å². The van der Waals surface area contributed by atoms with Gasteiger partial charge in [0, 0.05) is 27.7 Å². The number of para-hydroxylation sites is 1. The second kappa shape index (κ2) is 9.78. The van der Waals surface area contributed by atoms with E-state index in [1.807, 2.05) is 66.5 Å². The first-order valence-corrected chi connectivity index (χ1v) is 13.4. The molecule has 8 heteroatoms. The van der Waals surface area contributed by atoms with E-state index in [4.69, 9.17) is 9.97 Å². The summed E-state index contributed by atoms with van der Waals surface area (Å²) in [7, 11) is 2.00. The molecule has 198 valence electrons. The van der Waals surface area contributed by atoms with E-state index in [0.717, 1.165) is 63.9 Å². The van der Waals surface area contributed by atoms with Gasteiger partial charge in [-0.05, 0) is 89.7 Å². The summed E-state index contributed by atoms with van der Waals surface area (Å²) < 4.78 is 2.04. The van der Waals surface area contributed by atoms with Gasteiger partial charge >= 0.3 is 0 Å². The Hall–Kier alpha value is -4.30. The van der Waals surface area contributed by atoms with Gasteiger partial charge in [-0.15, -0.1) is 0 Å². The lowest BCUT2D eigenvalue weighted by molar-refractivity contribution is -0.119. The van der Waals surface area contributed by atoms with Crippen molar-refractivity contribution < 1.29 is 4.79 Å². The van der Waals surface area contributed by atoms with E-state index >= 15 is 0 Å². The van der Waals surface area contributed by atoms with Crippen molar-refractivity contribution in [1.29, 1.82) is 0 Å². The van der Waals surface area contributed by atoms with Gasteiger partial charge < -0.3 is 10.6 Å². The zero-order valence-electron chi connectivity index (χ0n) is 22.8. The molecule has 0 bridgehead atoms. The van der Waals surface area contributed by atoms with Crippen LogP contribution in [0.15, 0.2) is 72.9 Å². The summed E-state index contributed by atoms with van der Waals surface area (Å²) in [6, 6.07) is 21.9. The first kappa shape index (κ1) is 25.0. The van der Waals surface area contributed by atoms with Gasteiger partial charge in [0.2, 0.25) is 5.91 Å².